The van der Waals surface area contributed by atoms with E-state index in [4.69, 9.17) is 0 Å². The van der Waals surface area contributed by atoms with Crippen LogP contribution in [-0.4, -0.2) is 13.2 Å². The predicted octanol–water partition coefficient (Wildman–Crippen LogP) is 3.89. The molecule has 0 aromatic heterocycles. The van der Waals surface area contributed by atoms with Gasteiger partial charge in [0.15, 0.2) is 0 Å². The summed E-state index contributed by atoms with van der Waals surface area (Å²) in [6.07, 6.45) is 5.01. The highest BCUT2D eigenvalue weighted by Crippen LogP contribution is 2.28. The zero-order chi connectivity index (χ0) is 12.1. The molecule has 0 heterocycles. The molecule has 0 radical (unpaired) electrons. The van der Waals surface area contributed by atoms with E-state index in [1.807, 2.05) is 6.07 Å². The maximum absolute atomic E-state index is 12.2. The van der Waals surface area contributed by atoms with Gasteiger partial charge in [-0.25, -0.2) is 0 Å². The average Bonchev–Trinajstić information content (AvgIpc) is 2.80. The highest BCUT2D eigenvalue weighted by Gasteiger charge is 2.15. The number of rotatable bonds is 5. The van der Waals surface area contributed by atoms with Crippen molar-refractivity contribution in [2.24, 2.45) is 5.92 Å². The topological polar surface area (TPSA) is 21.3 Å². The van der Waals surface area contributed by atoms with Gasteiger partial charge in [-0.05, 0) is 30.9 Å². The molecule has 0 bridgehead atoms. The van der Waals surface area contributed by atoms with Crippen molar-refractivity contribution in [1.29, 1.82) is 0 Å². The Kier molecular flexibility index (Phi) is 4.18. The predicted molar refractivity (Wildman–Crippen MR) is 63.5 cm³/mol. The van der Waals surface area contributed by atoms with Crippen LogP contribution in [-0.2, 0) is 0 Å². The summed E-state index contributed by atoms with van der Waals surface area (Å²) in [5.74, 6) is 0.884. The molecule has 1 saturated carbocycles. The largest absolute Gasteiger partial charge is 0.433 e. The number of halogens is 2. The summed E-state index contributed by atoms with van der Waals surface area (Å²) in [5.41, 5.74) is 0.653. The highest BCUT2D eigenvalue weighted by molar-refractivity contribution is 5.56. The van der Waals surface area contributed by atoms with Crippen molar-refractivity contribution in [3.05, 3.63) is 24.3 Å². The van der Waals surface area contributed by atoms with E-state index in [0.717, 1.165) is 6.54 Å². The molecule has 0 atom stereocenters. The third kappa shape index (κ3) is 3.58. The van der Waals surface area contributed by atoms with Crippen molar-refractivity contribution >= 4 is 5.69 Å². The van der Waals surface area contributed by atoms with Crippen molar-refractivity contribution in [3.8, 4) is 5.75 Å². The maximum atomic E-state index is 12.2. The molecule has 17 heavy (non-hydrogen) atoms. The lowest BCUT2D eigenvalue weighted by atomic mass is 10.1. The minimum Gasteiger partial charge on any atom is -0.433 e. The van der Waals surface area contributed by atoms with Crippen molar-refractivity contribution in [1.82, 2.24) is 0 Å². The first-order valence-electron chi connectivity index (χ1n) is 6.03. The van der Waals surface area contributed by atoms with Gasteiger partial charge in [0.25, 0.3) is 0 Å². The van der Waals surface area contributed by atoms with Crippen molar-refractivity contribution in [3.63, 3.8) is 0 Å². The smallest absolute Gasteiger partial charge is 0.387 e. The SMILES string of the molecule is FC(F)Oc1ccccc1NCC1CCCC1. The summed E-state index contributed by atoms with van der Waals surface area (Å²) in [6.45, 7) is -1.94. The van der Waals surface area contributed by atoms with E-state index < -0.39 is 6.61 Å². The summed E-state index contributed by atoms with van der Waals surface area (Å²) < 4.78 is 28.8. The van der Waals surface area contributed by atoms with Crippen molar-refractivity contribution in [2.45, 2.75) is 32.3 Å². The number of ether oxygens (including phenoxy) is 1. The zero-order valence-corrected chi connectivity index (χ0v) is 9.66. The number of anilines is 1. The molecule has 0 saturated heterocycles. The van der Waals surface area contributed by atoms with Crippen molar-refractivity contribution in [2.75, 3.05) is 11.9 Å². The van der Waals surface area contributed by atoms with Crippen LogP contribution in [0.25, 0.3) is 0 Å². The highest BCUT2D eigenvalue weighted by atomic mass is 19.3. The van der Waals surface area contributed by atoms with Crippen LogP contribution in [0, 0.1) is 5.92 Å². The van der Waals surface area contributed by atoms with Gasteiger partial charge in [-0.1, -0.05) is 25.0 Å². The third-order valence-corrected chi connectivity index (χ3v) is 3.16. The van der Waals surface area contributed by atoms with E-state index in [1.165, 1.54) is 25.7 Å². The van der Waals surface area contributed by atoms with Crippen LogP contribution in [0.4, 0.5) is 14.5 Å². The zero-order valence-electron chi connectivity index (χ0n) is 9.66. The molecule has 0 aliphatic heterocycles. The van der Waals surface area contributed by atoms with E-state index in [2.05, 4.69) is 10.1 Å². The Morgan fingerprint density at radius 1 is 1.24 bits per heavy atom. The first-order valence-corrected chi connectivity index (χ1v) is 6.03. The lowest BCUT2D eigenvalue weighted by Crippen LogP contribution is -2.12. The molecule has 1 N–H and O–H groups in total. The molecule has 0 spiro atoms. The van der Waals surface area contributed by atoms with E-state index in [-0.39, 0.29) is 5.75 Å². The van der Waals surface area contributed by atoms with E-state index >= 15 is 0 Å². The molecular formula is C13H17F2NO. The van der Waals surface area contributed by atoms with Gasteiger partial charge in [-0.3, -0.25) is 0 Å². The van der Waals surface area contributed by atoms with Gasteiger partial charge < -0.3 is 10.1 Å². The van der Waals surface area contributed by atoms with Crippen LogP contribution in [0.15, 0.2) is 24.3 Å². The van der Waals surface area contributed by atoms with Gasteiger partial charge in [-0.15, -0.1) is 0 Å². The molecule has 4 heteroatoms. The lowest BCUT2D eigenvalue weighted by Gasteiger charge is -2.15. The first kappa shape index (κ1) is 12.1. The minimum atomic E-state index is -2.77. The van der Waals surface area contributed by atoms with Crippen LogP contribution in [0.5, 0.6) is 5.75 Å². The lowest BCUT2D eigenvalue weighted by molar-refractivity contribution is -0.0493. The molecule has 0 amide bonds. The summed E-state index contributed by atoms with van der Waals surface area (Å²) in [5, 5.41) is 3.20. The Morgan fingerprint density at radius 2 is 1.94 bits per heavy atom. The molecule has 1 aliphatic rings. The minimum absolute atomic E-state index is 0.223. The number of hydrogen-bond donors (Lipinski definition) is 1. The Hall–Kier alpha value is -1.32. The second-order valence-electron chi connectivity index (χ2n) is 4.41. The Labute approximate surface area is 100.0 Å². The molecule has 2 nitrogen and oxygen atoms in total. The summed E-state index contributed by atoms with van der Waals surface area (Å²) in [7, 11) is 0. The molecular weight excluding hydrogens is 224 g/mol. The van der Waals surface area contributed by atoms with Crippen LogP contribution in [0.3, 0.4) is 0 Å². The number of benzene rings is 1. The molecule has 2 rings (SSSR count). The number of hydrogen-bond acceptors (Lipinski definition) is 2. The molecule has 1 aliphatic carbocycles. The van der Waals surface area contributed by atoms with Crippen LogP contribution >= 0.6 is 0 Å². The third-order valence-electron chi connectivity index (χ3n) is 3.16. The van der Waals surface area contributed by atoms with Gasteiger partial charge >= 0.3 is 6.61 Å². The van der Waals surface area contributed by atoms with E-state index in [9.17, 15) is 8.78 Å². The normalized spacial score (nSPS) is 16.4. The van der Waals surface area contributed by atoms with Gasteiger partial charge in [0.05, 0.1) is 5.69 Å². The quantitative estimate of drug-likeness (QED) is 0.844. The van der Waals surface area contributed by atoms with Gasteiger partial charge in [0.2, 0.25) is 0 Å². The van der Waals surface area contributed by atoms with Crippen LogP contribution in [0.2, 0.25) is 0 Å². The standard InChI is InChI=1S/C13H17F2NO/c14-13(15)17-12-8-4-3-7-11(12)16-9-10-5-1-2-6-10/h3-4,7-8,10,13,16H,1-2,5-6,9H2. The van der Waals surface area contributed by atoms with Gasteiger partial charge in [0.1, 0.15) is 5.75 Å². The summed E-state index contributed by atoms with van der Waals surface area (Å²) in [4.78, 5) is 0. The Morgan fingerprint density at radius 3 is 2.65 bits per heavy atom. The fraction of sp³-hybridized carbons (Fsp3) is 0.538. The molecule has 0 unspecified atom stereocenters. The number of alkyl halides is 2. The number of nitrogens with one attached hydrogen (secondary N) is 1. The second-order valence-corrected chi connectivity index (χ2v) is 4.41. The van der Waals surface area contributed by atoms with E-state index in [0.29, 0.717) is 11.6 Å². The molecule has 94 valence electrons. The fourth-order valence-corrected chi connectivity index (χ4v) is 2.28. The molecule has 1 aromatic carbocycles. The van der Waals surface area contributed by atoms with Crippen molar-refractivity contribution < 1.29 is 13.5 Å². The number of para-hydroxylation sites is 2. The van der Waals surface area contributed by atoms with Gasteiger partial charge in [-0.2, -0.15) is 8.78 Å². The summed E-state index contributed by atoms with van der Waals surface area (Å²) >= 11 is 0. The maximum Gasteiger partial charge on any atom is 0.387 e. The van der Waals surface area contributed by atoms with Crippen LogP contribution in [0.1, 0.15) is 25.7 Å². The Bertz CT molecular complexity index is 351. The monoisotopic (exact) mass is 241 g/mol. The van der Waals surface area contributed by atoms with Gasteiger partial charge in [0, 0.05) is 6.54 Å². The summed E-state index contributed by atoms with van der Waals surface area (Å²) in [6, 6.07) is 6.84. The molecule has 1 fully saturated rings. The van der Waals surface area contributed by atoms with E-state index in [1.54, 1.807) is 18.2 Å². The second kappa shape index (κ2) is 5.84. The fourth-order valence-electron chi connectivity index (χ4n) is 2.28. The van der Waals surface area contributed by atoms with Crippen LogP contribution < -0.4 is 10.1 Å². The Balaban J connectivity index is 1.94. The average molecular weight is 241 g/mol. The first-order chi connectivity index (χ1) is 8.25. The molecule has 1 aromatic rings.